The Labute approximate surface area is 181 Å². The Morgan fingerprint density at radius 2 is 1.84 bits per heavy atom. The zero-order chi connectivity index (χ0) is 23.5. The Hall–Kier alpha value is -3.40. The van der Waals surface area contributed by atoms with Crippen LogP contribution in [0.3, 0.4) is 0 Å². The number of halogens is 3. The molecule has 0 saturated heterocycles. The van der Waals surface area contributed by atoms with Gasteiger partial charge < -0.3 is 15.2 Å². The number of hydrogen-bond acceptors (Lipinski definition) is 5. The van der Waals surface area contributed by atoms with E-state index in [9.17, 15) is 32.7 Å². The molecule has 0 radical (unpaired) electrons. The molecule has 7 nitrogen and oxygen atoms in total. The van der Waals surface area contributed by atoms with E-state index in [0.29, 0.717) is 11.1 Å². The number of nitrogens with zero attached hydrogens (tertiary/aromatic N) is 1. The van der Waals surface area contributed by atoms with Crippen LogP contribution in [-0.2, 0) is 11.0 Å². The first-order valence-corrected chi connectivity index (χ1v) is 9.78. The summed E-state index contributed by atoms with van der Waals surface area (Å²) >= 11 is 0. The minimum atomic E-state index is -4.51. The predicted octanol–water partition coefficient (Wildman–Crippen LogP) is 2.56. The second-order valence-electron chi connectivity index (χ2n) is 7.36. The van der Waals surface area contributed by atoms with E-state index in [1.165, 1.54) is 12.1 Å². The normalized spacial score (nSPS) is 14.3. The first-order chi connectivity index (χ1) is 15.1. The molecule has 1 unspecified atom stereocenters. The number of hydrogen-bond donors (Lipinski definition) is 2. The van der Waals surface area contributed by atoms with Gasteiger partial charge in [0, 0.05) is 19.5 Å². The van der Waals surface area contributed by atoms with Gasteiger partial charge in [-0.3, -0.25) is 19.3 Å². The highest BCUT2D eigenvalue weighted by Crippen LogP contribution is 2.31. The van der Waals surface area contributed by atoms with Gasteiger partial charge in [-0.15, -0.1) is 0 Å². The van der Waals surface area contributed by atoms with Crippen molar-refractivity contribution in [2.45, 2.75) is 25.6 Å². The fourth-order valence-electron chi connectivity index (χ4n) is 3.15. The van der Waals surface area contributed by atoms with Crippen molar-refractivity contribution in [3.63, 3.8) is 0 Å². The van der Waals surface area contributed by atoms with E-state index in [1.807, 2.05) is 0 Å². The van der Waals surface area contributed by atoms with Crippen LogP contribution in [-0.4, -0.2) is 53.5 Å². The molecule has 3 amide bonds. The summed E-state index contributed by atoms with van der Waals surface area (Å²) in [4.78, 5) is 37.8. The third-order valence-electron chi connectivity index (χ3n) is 4.83. The summed E-state index contributed by atoms with van der Waals surface area (Å²) in [6, 6.07) is 9.15. The lowest BCUT2D eigenvalue weighted by atomic mass is 10.1. The van der Waals surface area contributed by atoms with Gasteiger partial charge in [-0.05, 0) is 37.3 Å². The van der Waals surface area contributed by atoms with E-state index in [2.05, 4.69) is 5.32 Å². The number of alkyl halides is 3. The SMILES string of the molecule is Cc1ccc2c(c1)C(=O)N(CCC(=O)NCC(O)COc1cccc(C(F)(F)F)c1)C2=O. The summed E-state index contributed by atoms with van der Waals surface area (Å²) < 4.78 is 43.3. The van der Waals surface area contributed by atoms with E-state index in [0.717, 1.165) is 22.6 Å². The van der Waals surface area contributed by atoms with Crippen molar-refractivity contribution in [3.8, 4) is 5.75 Å². The summed E-state index contributed by atoms with van der Waals surface area (Å²) in [6.07, 6.45) is -5.84. The molecule has 0 aliphatic carbocycles. The molecule has 3 rings (SSSR count). The van der Waals surface area contributed by atoms with Crippen LogP contribution in [0.4, 0.5) is 13.2 Å². The van der Waals surface area contributed by atoms with Crippen LogP contribution >= 0.6 is 0 Å². The maximum absolute atomic E-state index is 12.7. The van der Waals surface area contributed by atoms with Crippen LogP contribution in [0.1, 0.15) is 38.3 Å². The van der Waals surface area contributed by atoms with Crippen molar-refractivity contribution in [1.29, 1.82) is 0 Å². The molecule has 0 spiro atoms. The fraction of sp³-hybridized carbons (Fsp3) is 0.318. The number of aryl methyl sites for hydroxylation is 1. The summed E-state index contributed by atoms with van der Waals surface area (Å²) in [5.74, 6) is -1.50. The summed E-state index contributed by atoms with van der Waals surface area (Å²) in [6.45, 7) is 1.14. The lowest BCUT2D eigenvalue weighted by molar-refractivity contribution is -0.137. The van der Waals surface area contributed by atoms with Crippen molar-refractivity contribution >= 4 is 17.7 Å². The topological polar surface area (TPSA) is 95.9 Å². The van der Waals surface area contributed by atoms with Gasteiger partial charge in [0.25, 0.3) is 11.8 Å². The number of rotatable bonds is 8. The number of aliphatic hydroxyl groups is 1. The molecule has 1 aliphatic rings. The molecule has 0 fully saturated rings. The first kappa shape index (κ1) is 23.3. The average Bonchev–Trinajstić information content (AvgIpc) is 2.98. The summed E-state index contributed by atoms with van der Waals surface area (Å²) in [5.41, 5.74) is 0.563. The molecule has 2 N–H and O–H groups in total. The highest BCUT2D eigenvalue weighted by molar-refractivity contribution is 6.21. The maximum atomic E-state index is 12.7. The van der Waals surface area contributed by atoms with Gasteiger partial charge in [0.2, 0.25) is 5.91 Å². The number of nitrogens with one attached hydrogen (secondary N) is 1. The van der Waals surface area contributed by atoms with E-state index in [1.54, 1.807) is 25.1 Å². The monoisotopic (exact) mass is 450 g/mol. The van der Waals surface area contributed by atoms with Gasteiger partial charge in [0.15, 0.2) is 0 Å². The minimum Gasteiger partial charge on any atom is -0.491 e. The number of amides is 3. The summed E-state index contributed by atoms with van der Waals surface area (Å²) in [5, 5.41) is 12.4. The van der Waals surface area contributed by atoms with Crippen molar-refractivity contribution in [3.05, 3.63) is 64.7 Å². The molecule has 0 bridgehead atoms. The third kappa shape index (κ3) is 5.44. The van der Waals surface area contributed by atoms with Crippen LogP contribution in [0.5, 0.6) is 5.75 Å². The molecule has 10 heteroatoms. The summed E-state index contributed by atoms with van der Waals surface area (Å²) in [7, 11) is 0. The molecule has 32 heavy (non-hydrogen) atoms. The quantitative estimate of drug-likeness (QED) is 0.603. The van der Waals surface area contributed by atoms with Crippen LogP contribution in [0.2, 0.25) is 0 Å². The van der Waals surface area contributed by atoms with Crippen LogP contribution < -0.4 is 10.1 Å². The van der Waals surface area contributed by atoms with Crippen molar-refractivity contribution < 1.29 is 37.4 Å². The van der Waals surface area contributed by atoms with Crippen molar-refractivity contribution in [2.24, 2.45) is 0 Å². The first-order valence-electron chi connectivity index (χ1n) is 9.78. The lowest BCUT2D eigenvalue weighted by Crippen LogP contribution is -2.38. The molecular weight excluding hydrogens is 429 g/mol. The van der Waals surface area contributed by atoms with Gasteiger partial charge >= 0.3 is 6.18 Å². The second kappa shape index (κ2) is 9.39. The second-order valence-corrected chi connectivity index (χ2v) is 7.36. The number of carbonyl (C=O) groups excluding carboxylic acids is 3. The Balaban J connectivity index is 1.43. The van der Waals surface area contributed by atoms with Gasteiger partial charge in [0.1, 0.15) is 18.5 Å². The molecule has 170 valence electrons. The highest BCUT2D eigenvalue weighted by atomic mass is 19.4. The number of ether oxygens (including phenoxy) is 1. The number of carbonyl (C=O) groups is 3. The largest absolute Gasteiger partial charge is 0.491 e. The van der Waals surface area contributed by atoms with E-state index in [-0.39, 0.29) is 31.9 Å². The molecule has 0 aromatic heterocycles. The van der Waals surface area contributed by atoms with Crippen molar-refractivity contribution in [2.75, 3.05) is 19.7 Å². The van der Waals surface area contributed by atoms with Crippen LogP contribution in [0.25, 0.3) is 0 Å². The molecule has 0 saturated carbocycles. The molecule has 1 atom stereocenters. The number of aliphatic hydroxyl groups excluding tert-OH is 1. The number of benzene rings is 2. The Bertz CT molecular complexity index is 1040. The minimum absolute atomic E-state index is 0.0638. The molecular formula is C22H21F3N2O5. The van der Waals surface area contributed by atoms with E-state index < -0.39 is 35.6 Å². The van der Waals surface area contributed by atoms with Gasteiger partial charge in [-0.2, -0.15) is 13.2 Å². The van der Waals surface area contributed by atoms with Crippen LogP contribution in [0.15, 0.2) is 42.5 Å². The molecule has 1 heterocycles. The predicted molar refractivity (Wildman–Crippen MR) is 107 cm³/mol. The molecule has 1 aliphatic heterocycles. The van der Waals surface area contributed by atoms with Crippen molar-refractivity contribution in [1.82, 2.24) is 10.2 Å². The smallest absolute Gasteiger partial charge is 0.416 e. The van der Waals surface area contributed by atoms with E-state index in [4.69, 9.17) is 4.74 Å². The Morgan fingerprint density at radius 3 is 2.56 bits per heavy atom. The maximum Gasteiger partial charge on any atom is 0.416 e. The molecule has 2 aromatic rings. The zero-order valence-corrected chi connectivity index (χ0v) is 17.1. The zero-order valence-electron chi connectivity index (χ0n) is 17.1. The Morgan fingerprint density at radius 1 is 1.12 bits per heavy atom. The van der Waals surface area contributed by atoms with Gasteiger partial charge in [-0.1, -0.05) is 17.7 Å². The van der Waals surface area contributed by atoms with Gasteiger partial charge in [-0.25, -0.2) is 0 Å². The average molecular weight is 450 g/mol. The third-order valence-corrected chi connectivity index (χ3v) is 4.83. The van der Waals surface area contributed by atoms with Gasteiger partial charge in [0.05, 0.1) is 16.7 Å². The standard InChI is InChI=1S/C22H21F3N2O5/c1-13-5-6-17-18(9-13)21(31)27(20(17)30)8-7-19(29)26-11-15(28)12-32-16-4-2-3-14(10-16)22(23,24)25/h2-6,9-10,15,28H,7-8,11-12H2,1H3,(H,26,29). The number of fused-ring (bicyclic) bond motifs is 1. The number of imide groups is 1. The highest BCUT2D eigenvalue weighted by Gasteiger charge is 2.35. The van der Waals surface area contributed by atoms with Crippen LogP contribution in [0, 0.1) is 6.92 Å². The fourth-order valence-corrected chi connectivity index (χ4v) is 3.15. The van der Waals surface area contributed by atoms with E-state index >= 15 is 0 Å². The Kier molecular flexibility index (Phi) is 6.83. The lowest BCUT2D eigenvalue weighted by Gasteiger charge is -2.16. The molecule has 2 aromatic carbocycles.